The Kier molecular flexibility index (Phi) is 13.8. The third-order valence-corrected chi connectivity index (χ3v) is 6.76. The first kappa shape index (κ1) is 31.0. The van der Waals surface area contributed by atoms with Crippen molar-refractivity contribution in [2.24, 2.45) is 23.7 Å². The molecule has 0 aromatic carbocycles. The summed E-state index contributed by atoms with van der Waals surface area (Å²) in [5.74, 6) is -2.55. The third-order valence-electron chi connectivity index (χ3n) is 6.30. The van der Waals surface area contributed by atoms with Gasteiger partial charge in [0.05, 0.1) is 12.7 Å². The molecule has 5 atom stereocenters. The number of rotatable bonds is 14. The van der Waals surface area contributed by atoms with Crippen LogP contribution in [0, 0.1) is 23.7 Å². The molecule has 9 heteroatoms. The molecular weight excluding hydrogens is 503 g/mol. The van der Waals surface area contributed by atoms with E-state index in [0.29, 0.717) is 19.3 Å². The topological polar surface area (TPSA) is 101 Å². The van der Waals surface area contributed by atoms with E-state index in [2.05, 4.69) is 6.92 Å². The lowest BCUT2D eigenvalue weighted by atomic mass is 9.84. The number of unbranched alkanes of at least 4 members (excludes halogenated alkanes) is 2. The van der Waals surface area contributed by atoms with Crippen molar-refractivity contribution >= 4 is 52.5 Å². The van der Waals surface area contributed by atoms with E-state index in [-0.39, 0.29) is 48.9 Å². The predicted molar refractivity (Wildman–Crippen MR) is 135 cm³/mol. The number of esters is 1. The molecule has 34 heavy (non-hydrogen) atoms. The minimum atomic E-state index is -2.19. The van der Waals surface area contributed by atoms with Crippen molar-refractivity contribution in [1.82, 2.24) is 0 Å². The average Bonchev–Trinajstić information content (AvgIpc) is 3.04. The Morgan fingerprint density at radius 2 is 1.94 bits per heavy atom. The van der Waals surface area contributed by atoms with E-state index in [4.69, 9.17) is 44.6 Å². The van der Waals surface area contributed by atoms with Gasteiger partial charge in [-0.05, 0) is 44.4 Å². The summed E-state index contributed by atoms with van der Waals surface area (Å²) in [4.78, 5) is 35.5. The number of carbonyl (C=O) groups is 3. The number of aliphatic hydroxyl groups excluding tert-OH is 1. The molecule has 1 aliphatic rings. The zero-order valence-electron chi connectivity index (χ0n) is 20.1. The van der Waals surface area contributed by atoms with Crippen molar-refractivity contribution in [1.29, 1.82) is 0 Å². The van der Waals surface area contributed by atoms with Gasteiger partial charge in [-0.25, -0.2) is 4.79 Å². The van der Waals surface area contributed by atoms with Crippen LogP contribution in [0.3, 0.4) is 0 Å². The number of aliphatic hydroxyl groups is 1. The van der Waals surface area contributed by atoms with Crippen molar-refractivity contribution in [3.05, 3.63) is 23.8 Å². The van der Waals surface area contributed by atoms with Crippen molar-refractivity contribution in [3.63, 3.8) is 0 Å². The predicted octanol–water partition coefficient (Wildman–Crippen LogP) is 6.06. The second kappa shape index (κ2) is 15.1. The number of carbonyl (C=O) groups excluding carboxylic acids is 2. The number of aliphatic carboxylic acids is 1. The molecule has 0 heterocycles. The van der Waals surface area contributed by atoms with Gasteiger partial charge in [-0.1, -0.05) is 85.3 Å². The highest BCUT2D eigenvalue weighted by Gasteiger charge is 2.42. The largest absolute Gasteiger partial charge is 0.481 e. The molecule has 2 N–H and O–H groups in total. The van der Waals surface area contributed by atoms with Crippen LogP contribution in [0.1, 0.15) is 72.1 Å². The molecule has 0 aromatic heterocycles. The number of halogens is 3. The van der Waals surface area contributed by atoms with Crippen molar-refractivity contribution < 1.29 is 29.3 Å². The van der Waals surface area contributed by atoms with E-state index in [1.165, 1.54) is 0 Å². The Morgan fingerprint density at radius 1 is 1.26 bits per heavy atom. The summed E-state index contributed by atoms with van der Waals surface area (Å²) >= 11 is 16.8. The minimum absolute atomic E-state index is 0.0522. The Labute approximate surface area is 217 Å². The summed E-state index contributed by atoms with van der Waals surface area (Å²) in [6.45, 7) is 5.95. The molecule has 1 saturated carbocycles. The Morgan fingerprint density at radius 3 is 2.53 bits per heavy atom. The molecule has 0 amide bonds. The number of hydrogen-bond acceptors (Lipinski definition) is 5. The van der Waals surface area contributed by atoms with Crippen LogP contribution in [0.2, 0.25) is 0 Å². The fourth-order valence-corrected chi connectivity index (χ4v) is 4.39. The van der Waals surface area contributed by atoms with E-state index in [1.807, 2.05) is 26.0 Å². The maximum absolute atomic E-state index is 12.9. The lowest BCUT2D eigenvalue weighted by molar-refractivity contribution is -0.144. The SMILES string of the molecule is CCCCC(C)C(O)/C=C/[C@H]1[C@H](COC(=O)C(Cl)(Cl)Cl)CC(=O)[C@@H]1C/C(C)=C\CCCC(=O)O. The Balaban J connectivity index is 2.96. The first-order valence-corrected chi connectivity index (χ1v) is 13.0. The van der Waals surface area contributed by atoms with E-state index in [0.717, 1.165) is 24.8 Å². The summed E-state index contributed by atoms with van der Waals surface area (Å²) in [6.07, 6.45) is 9.91. The minimum Gasteiger partial charge on any atom is -0.481 e. The van der Waals surface area contributed by atoms with Gasteiger partial charge < -0.3 is 14.9 Å². The molecule has 1 fully saturated rings. The van der Waals surface area contributed by atoms with Gasteiger partial charge in [0.2, 0.25) is 0 Å². The molecule has 0 saturated heterocycles. The quantitative estimate of drug-likeness (QED) is 0.120. The summed E-state index contributed by atoms with van der Waals surface area (Å²) in [5, 5.41) is 19.4. The molecule has 2 unspecified atom stereocenters. The number of Topliss-reactive ketones (excluding diaryl/α,β-unsaturated/α-hetero) is 1. The van der Waals surface area contributed by atoms with Crippen molar-refractivity contribution in [2.75, 3.05) is 6.61 Å². The van der Waals surface area contributed by atoms with E-state index in [9.17, 15) is 19.5 Å². The number of carboxylic acids is 1. The first-order valence-electron chi connectivity index (χ1n) is 11.9. The molecular formula is C25H37Cl3O6. The van der Waals surface area contributed by atoms with Gasteiger partial charge in [-0.2, -0.15) is 0 Å². The van der Waals surface area contributed by atoms with Crippen LogP contribution in [0.25, 0.3) is 0 Å². The highest BCUT2D eigenvalue weighted by atomic mass is 35.6. The molecule has 6 nitrogen and oxygen atoms in total. The van der Waals surface area contributed by atoms with Gasteiger partial charge in [0.15, 0.2) is 0 Å². The maximum Gasteiger partial charge on any atom is 0.358 e. The van der Waals surface area contributed by atoms with E-state index in [1.54, 1.807) is 6.08 Å². The van der Waals surface area contributed by atoms with Gasteiger partial charge in [0, 0.05) is 24.7 Å². The van der Waals surface area contributed by atoms with Gasteiger partial charge in [-0.15, -0.1) is 0 Å². The van der Waals surface area contributed by atoms with Crippen LogP contribution >= 0.6 is 34.8 Å². The van der Waals surface area contributed by atoms with Crippen LogP contribution in [-0.2, 0) is 19.1 Å². The monoisotopic (exact) mass is 538 g/mol. The number of ketones is 1. The van der Waals surface area contributed by atoms with Crippen LogP contribution in [-0.4, -0.2) is 44.4 Å². The Bertz CT molecular complexity index is 743. The molecule has 0 aliphatic heterocycles. The lowest BCUT2D eigenvalue weighted by Gasteiger charge is -2.23. The number of alkyl halides is 3. The molecule has 194 valence electrons. The van der Waals surface area contributed by atoms with E-state index < -0.39 is 21.8 Å². The highest BCUT2D eigenvalue weighted by molar-refractivity contribution is 6.75. The van der Waals surface area contributed by atoms with E-state index >= 15 is 0 Å². The van der Waals surface area contributed by atoms with Crippen LogP contribution in [0.4, 0.5) is 0 Å². The molecule has 1 aliphatic carbocycles. The zero-order chi connectivity index (χ0) is 25.9. The fourth-order valence-electron chi connectivity index (χ4n) is 4.23. The summed E-state index contributed by atoms with van der Waals surface area (Å²) in [5.41, 5.74) is 0.998. The fraction of sp³-hybridized carbons (Fsp3) is 0.720. The third kappa shape index (κ3) is 11.1. The summed E-state index contributed by atoms with van der Waals surface area (Å²) in [6, 6.07) is 0. The van der Waals surface area contributed by atoms with Crippen LogP contribution < -0.4 is 0 Å². The molecule has 0 radical (unpaired) electrons. The molecule has 0 aromatic rings. The molecule has 1 rings (SSSR count). The van der Waals surface area contributed by atoms with Crippen LogP contribution in [0.5, 0.6) is 0 Å². The van der Waals surface area contributed by atoms with Crippen molar-refractivity contribution in [3.8, 4) is 0 Å². The van der Waals surface area contributed by atoms with Gasteiger partial charge in [0.1, 0.15) is 5.78 Å². The van der Waals surface area contributed by atoms with Crippen molar-refractivity contribution in [2.45, 2.75) is 82.0 Å². The summed E-state index contributed by atoms with van der Waals surface area (Å²) in [7, 11) is 0. The normalized spacial score (nSPS) is 23.3. The number of allylic oxidation sites excluding steroid dienone is 3. The second-order valence-corrected chi connectivity index (χ2v) is 11.5. The van der Waals surface area contributed by atoms with Gasteiger partial charge >= 0.3 is 11.9 Å². The Hall–Kier alpha value is -1.08. The lowest BCUT2D eigenvalue weighted by Crippen LogP contribution is -2.27. The zero-order valence-corrected chi connectivity index (χ0v) is 22.4. The number of carboxylic acid groups (broad SMARTS) is 1. The molecule has 0 spiro atoms. The maximum atomic E-state index is 12.9. The average molecular weight is 540 g/mol. The number of ether oxygens (including phenoxy) is 1. The highest BCUT2D eigenvalue weighted by Crippen LogP contribution is 2.40. The number of hydrogen-bond donors (Lipinski definition) is 2. The molecule has 0 bridgehead atoms. The smallest absolute Gasteiger partial charge is 0.358 e. The van der Waals surface area contributed by atoms with Gasteiger partial charge in [0.25, 0.3) is 3.79 Å². The second-order valence-electron chi connectivity index (χ2n) is 9.25. The standard InChI is InChI=1S/C25H37Cl3O6/c1-4-5-9-17(3)21(29)12-11-19-18(15-34-24(33)25(26,27)28)14-22(30)20(19)13-16(2)8-6-7-10-23(31)32/h8,11-12,17-21,29H,4-7,9-10,13-15H2,1-3H3,(H,31,32)/b12-11+,16-8-/t17?,18-,19-,20+,21?/m0/s1. The summed E-state index contributed by atoms with van der Waals surface area (Å²) < 4.78 is 2.99. The first-order chi connectivity index (χ1) is 15.9. The van der Waals surface area contributed by atoms with Crippen LogP contribution in [0.15, 0.2) is 23.8 Å². The van der Waals surface area contributed by atoms with Gasteiger partial charge in [-0.3, -0.25) is 9.59 Å².